The van der Waals surface area contributed by atoms with Crippen LogP contribution in [-0.2, 0) is 0 Å². The third-order valence-electron chi connectivity index (χ3n) is 3.31. The molecule has 3 N–H and O–H groups in total. The Bertz CT molecular complexity index is 385. The fraction of sp³-hybridized carbons (Fsp3) is 0.538. The first-order valence-electron chi connectivity index (χ1n) is 6.18. The highest BCUT2D eigenvalue weighted by Gasteiger charge is 2.15. The summed E-state index contributed by atoms with van der Waals surface area (Å²) < 4.78 is 26.4. The zero-order valence-electron chi connectivity index (χ0n) is 9.81. The van der Waals surface area contributed by atoms with E-state index in [9.17, 15) is 8.78 Å². The standard InChI is InChI=1S/C13H18F2N2/c14-9-7-11(15)13(16)12(8-9)17-10-5-3-1-2-4-6-10/h7-8,10,17H,1-6,16H2. The van der Waals surface area contributed by atoms with Crippen molar-refractivity contribution in [2.24, 2.45) is 0 Å². The van der Waals surface area contributed by atoms with Crippen LogP contribution in [-0.4, -0.2) is 6.04 Å². The SMILES string of the molecule is Nc1c(F)cc(F)cc1NC1CCCCCC1. The molecule has 1 aliphatic rings. The van der Waals surface area contributed by atoms with E-state index in [-0.39, 0.29) is 11.7 Å². The van der Waals surface area contributed by atoms with E-state index in [0.29, 0.717) is 5.69 Å². The number of hydrogen-bond acceptors (Lipinski definition) is 2. The largest absolute Gasteiger partial charge is 0.395 e. The van der Waals surface area contributed by atoms with E-state index in [1.165, 1.54) is 18.9 Å². The third kappa shape index (κ3) is 3.08. The minimum atomic E-state index is -0.693. The number of nitrogens with two attached hydrogens (primary N) is 1. The summed E-state index contributed by atoms with van der Waals surface area (Å²) in [5, 5.41) is 3.17. The molecule has 4 heteroatoms. The van der Waals surface area contributed by atoms with Gasteiger partial charge >= 0.3 is 0 Å². The number of rotatable bonds is 2. The second-order valence-electron chi connectivity index (χ2n) is 4.68. The van der Waals surface area contributed by atoms with Gasteiger partial charge in [-0.2, -0.15) is 0 Å². The van der Waals surface area contributed by atoms with Crippen LogP contribution in [0.5, 0.6) is 0 Å². The van der Waals surface area contributed by atoms with Crippen molar-refractivity contribution in [3.8, 4) is 0 Å². The predicted molar refractivity (Wildman–Crippen MR) is 65.9 cm³/mol. The number of hydrogen-bond donors (Lipinski definition) is 2. The van der Waals surface area contributed by atoms with E-state index >= 15 is 0 Å². The monoisotopic (exact) mass is 240 g/mol. The number of anilines is 2. The van der Waals surface area contributed by atoms with E-state index < -0.39 is 11.6 Å². The molecule has 94 valence electrons. The summed E-state index contributed by atoms with van der Waals surface area (Å²) in [7, 11) is 0. The van der Waals surface area contributed by atoms with E-state index in [1.54, 1.807) is 0 Å². The summed E-state index contributed by atoms with van der Waals surface area (Å²) >= 11 is 0. The molecule has 0 radical (unpaired) electrons. The van der Waals surface area contributed by atoms with Gasteiger partial charge in [-0.1, -0.05) is 25.7 Å². The van der Waals surface area contributed by atoms with Crippen molar-refractivity contribution in [3.05, 3.63) is 23.8 Å². The fourth-order valence-corrected chi connectivity index (χ4v) is 2.35. The average Bonchev–Trinajstić information content (AvgIpc) is 2.54. The minimum absolute atomic E-state index is 0.00986. The molecule has 1 aromatic rings. The smallest absolute Gasteiger partial charge is 0.151 e. The minimum Gasteiger partial charge on any atom is -0.395 e. The summed E-state index contributed by atoms with van der Waals surface area (Å²) in [5.41, 5.74) is 6.00. The van der Waals surface area contributed by atoms with Crippen molar-refractivity contribution in [1.82, 2.24) is 0 Å². The molecule has 0 bridgehead atoms. The topological polar surface area (TPSA) is 38.0 Å². The Morgan fingerprint density at radius 3 is 2.35 bits per heavy atom. The van der Waals surface area contributed by atoms with Crippen molar-refractivity contribution < 1.29 is 8.78 Å². The molecule has 0 amide bonds. The van der Waals surface area contributed by atoms with E-state index in [1.807, 2.05) is 0 Å². The van der Waals surface area contributed by atoms with Crippen LogP contribution in [0.25, 0.3) is 0 Å². The Labute approximate surface area is 100 Å². The van der Waals surface area contributed by atoms with Crippen molar-refractivity contribution >= 4 is 11.4 Å². The maximum atomic E-state index is 13.3. The first-order chi connectivity index (χ1) is 8.16. The molecule has 1 aromatic carbocycles. The molecular weight excluding hydrogens is 222 g/mol. The van der Waals surface area contributed by atoms with Gasteiger partial charge in [0.05, 0.1) is 11.4 Å². The predicted octanol–water partition coefficient (Wildman–Crippen LogP) is 3.68. The Morgan fingerprint density at radius 2 is 1.71 bits per heavy atom. The Kier molecular flexibility index (Phi) is 3.82. The van der Waals surface area contributed by atoms with Crippen LogP contribution in [0.2, 0.25) is 0 Å². The van der Waals surface area contributed by atoms with Gasteiger partial charge < -0.3 is 11.1 Å². The zero-order valence-corrected chi connectivity index (χ0v) is 9.81. The highest BCUT2D eigenvalue weighted by atomic mass is 19.1. The lowest BCUT2D eigenvalue weighted by atomic mass is 10.1. The van der Waals surface area contributed by atoms with Crippen LogP contribution in [0.1, 0.15) is 38.5 Å². The summed E-state index contributed by atoms with van der Waals surface area (Å²) in [6.07, 6.45) is 6.89. The quantitative estimate of drug-likeness (QED) is 0.611. The molecule has 1 fully saturated rings. The first-order valence-corrected chi connectivity index (χ1v) is 6.18. The molecule has 0 unspecified atom stereocenters. The highest BCUT2D eigenvalue weighted by molar-refractivity contribution is 5.67. The van der Waals surface area contributed by atoms with Crippen LogP contribution >= 0.6 is 0 Å². The zero-order chi connectivity index (χ0) is 12.3. The molecule has 0 heterocycles. The molecule has 0 spiro atoms. The van der Waals surface area contributed by atoms with Gasteiger partial charge in [-0.05, 0) is 18.9 Å². The summed E-state index contributed by atoms with van der Waals surface area (Å²) in [6, 6.07) is 2.36. The summed E-state index contributed by atoms with van der Waals surface area (Å²) in [5.74, 6) is -1.28. The molecular formula is C13H18F2N2. The van der Waals surface area contributed by atoms with Crippen LogP contribution < -0.4 is 11.1 Å². The van der Waals surface area contributed by atoms with Crippen molar-refractivity contribution in [2.45, 2.75) is 44.6 Å². The summed E-state index contributed by atoms with van der Waals surface area (Å²) in [4.78, 5) is 0. The second-order valence-corrected chi connectivity index (χ2v) is 4.68. The number of halogens is 2. The first kappa shape index (κ1) is 12.1. The van der Waals surface area contributed by atoms with Crippen molar-refractivity contribution in [1.29, 1.82) is 0 Å². The molecule has 2 rings (SSSR count). The highest BCUT2D eigenvalue weighted by Crippen LogP contribution is 2.27. The van der Waals surface area contributed by atoms with Crippen LogP contribution in [0, 0.1) is 11.6 Å². The van der Waals surface area contributed by atoms with E-state index in [4.69, 9.17) is 5.73 Å². The molecule has 0 aromatic heterocycles. The van der Waals surface area contributed by atoms with Gasteiger partial charge in [0, 0.05) is 12.1 Å². The van der Waals surface area contributed by atoms with E-state index in [2.05, 4.69) is 5.32 Å². The maximum absolute atomic E-state index is 13.3. The molecule has 2 nitrogen and oxygen atoms in total. The van der Waals surface area contributed by atoms with Gasteiger partial charge in [-0.15, -0.1) is 0 Å². The van der Waals surface area contributed by atoms with Gasteiger partial charge in [0.25, 0.3) is 0 Å². The number of nitrogens with one attached hydrogen (secondary N) is 1. The molecule has 17 heavy (non-hydrogen) atoms. The molecule has 0 atom stereocenters. The molecule has 0 aliphatic heterocycles. The van der Waals surface area contributed by atoms with E-state index in [0.717, 1.165) is 31.7 Å². The van der Waals surface area contributed by atoms with Gasteiger partial charge in [0.15, 0.2) is 5.82 Å². The van der Waals surface area contributed by atoms with Crippen molar-refractivity contribution in [3.63, 3.8) is 0 Å². The van der Waals surface area contributed by atoms with Gasteiger partial charge in [0.2, 0.25) is 0 Å². The Balaban J connectivity index is 2.11. The number of nitrogen functional groups attached to an aromatic ring is 1. The third-order valence-corrected chi connectivity index (χ3v) is 3.31. The summed E-state index contributed by atoms with van der Waals surface area (Å²) in [6.45, 7) is 0. The van der Waals surface area contributed by atoms with Gasteiger partial charge in [-0.25, -0.2) is 8.78 Å². The Hall–Kier alpha value is -1.32. The lowest BCUT2D eigenvalue weighted by molar-refractivity contribution is 0.583. The normalized spacial score (nSPS) is 17.8. The lowest BCUT2D eigenvalue weighted by Gasteiger charge is -2.19. The van der Waals surface area contributed by atoms with Crippen LogP contribution in [0.3, 0.4) is 0 Å². The molecule has 0 saturated heterocycles. The number of benzene rings is 1. The van der Waals surface area contributed by atoms with Crippen LogP contribution in [0.15, 0.2) is 12.1 Å². The lowest BCUT2D eigenvalue weighted by Crippen LogP contribution is -2.19. The maximum Gasteiger partial charge on any atom is 0.151 e. The molecule has 1 aliphatic carbocycles. The fourth-order valence-electron chi connectivity index (χ4n) is 2.35. The van der Waals surface area contributed by atoms with Gasteiger partial charge in [-0.3, -0.25) is 0 Å². The second kappa shape index (κ2) is 5.34. The van der Waals surface area contributed by atoms with Gasteiger partial charge in [0.1, 0.15) is 5.82 Å². The van der Waals surface area contributed by atoms with Crippen LogP contribution in [0.4, 0.5) is 20.2 Å². The van der Waals surface area contributed by atoms with Crippen molar-refractivity contribution in [2.75, 3.05) is 11.1 Å². The molecule has 1 saturated carbocycles. The average molecular weight is 240 g/mol. The Morgan fingerprint density at radius 1 is 1.06 bits per heavy atom.